The van der Waals surface area contributed by atoms with Gasteiger partial charge < -0.3 is 40.4 Å². The average Bonchev–Trinajstić information content (AvgIpc) is 3.53. The zero-order valence-corrected chi connectivity index (χ0v) is 33.1. The number of nitrogens with two attached hydrogens (primary N) is 1. The van der Waals surface area contributed by atoms with E-state index in [1.165, 1.54) is 21.3 Å². The summed E-state index contributed by atoms with van der Waals surface area (Å²) >= 11 is 0. The highest BCUT2D eigenvalue weighted by Crippen LogP contribution is 2.29. The lowest BCUT2D eigenvalue weighted by molar-refractivity contribution is -0.149. The van der Waals surface area contributed by atoms with Gasteiger partial charge in [0.05, 0.1) is 49.8 Å². The van der Waals surface area contributed by atoms with E-state index in [9.17, 15) is 24.0 Å². The van der Waals surface area contributed by atoms with Crippen LogP contribution in [0.15, 0.2) is 0 Å². The van der Waals surface area contributed by atoms with Crippen LogP contribution in [0.1, 0.15) is 81.1 Å². The van der Waals surface area contributed by atoms with Crippen molar-refractivity contribution in [3.05, 3.63) is 0 Å². The number of carbonyl (C=O) groups is 5. The number of nitrogens with zero attached hydrogens (tertiary/aromatic N) is 3. The van der Waals surface area contributed by atoms with Gasteiger partial charge in [0.2, 0.25) is 23.6 Å². The van der Waals surface area contributed by atoms with E-state index < -0.39 is 54.3 Å². The highest BCUT2D eigenvalue weighted by molar-refractivity contribution is 5.90. The number of amides is 4. The molecular formula is C36H68N6O8. The lowest BCUT2D eigenvalue weighted by Gasteiger charge is -2.41. The second-order valence-corrected chi connectivity index (χ2v) is 14.8. The summed E-state index contributed by atoms with van der Waals surface area (Å²) in [7, 11) is 9.63. The second-order valence-electron chi connectivity index (χ2n) is 14.8. The van der Waals surface area contributed by atoms with E-state index in [2.05, 4.69) is 10.6 Å². The molecule has 0 aromatic carbocycles. The van der Waals surface area contributed by atoms with Crippen LogP contribution in [0.5, 0.6) is 0 Å². The van der Waals surface area contributed by atoms with Crippen molar-refractivity contribution in [2.45, 2.75) is 130 Å². The van der Waals surface area contributed by atoms with Crippen LogP contribution < -0.4 is 16.4 Å². The topological polar surface area (TPSA) is 173 Å². The fourth-order valence-corrected chi connectivity index (χ4v) is 7.23. The molecule has 0 saturated carbocycles. The maximum Gasteiger partial charge on any atom is 0.328 e. The number of likely N-dealkylation sites (N-methyl/N-ethyl adjacent to an activating group) is 2. The van der Waals surface area contributed by atoms with Crippen LogP contribution in [0.4, 0.5) is 0 Å². The van der Waals surface area contributed by atoms with E-state index in [-0.39, 0.29) is 53.8 Å². The minimum absolute atomic E-state index is 0.00427. The molecule has 50 heavy (non-hydrogen) atoms. The van der Waals surface area contributed by atoms with E-state index in [0.29, 0.717) is 19.4 Å². The summed E-state index contributed by atoms with van der Waals surface area (Å²) in [5, 5.41) is 5.70. The van der Waals surface area contributed by atoms with Crippen molar-refractivity contribution in [3.63, 3.8) is 0 Å². The van der Waals surface area contributed by atoms with Crippen molar-refractivity contribution in [2.75, 3.05) is 49.0 Å². The van der Waals surface area contributed by atoms with Gasteiger partial charge in [-0.2, -0.15) is 0 Å². The normalized spacial score (nSPS) is 20.4. The minimum atomic E-state index is -0.985. The molecule has 1 fully saturated rings. The van der Waals surface area contributed by atoms with Crippen LogP contribution in [0.2, 0.25) is 0 Å². The minimum Gasteiger partial charge on any atom is -0.467 e. The third-order valence-corrected chi connectivity index (χ3v) is 10.2. The Morgan fingerprint density at radius 2 is 1.44 bits per heavy atom. The van der Waals surface area contributed by atoms with E-state index in [1.807, 2.05) is 60.5 Å². The lowest BCUT2D eigenvalue weighted by Crippen LogP contribution is -2.62. The number of carbonyl (C=O) groups excluding carboxylic acids is 5. The van der Waals surface area contributed by atoms with E-state index in [1.54, 1.807) is 30.7 Å². The molecule has 4 amide bonds. The van der Waals surface area contributed by atoms with Crippen LogP contribution in [-0.4, -0.2) is 142 Å². The quantitative estimate of drug-likeness (QED) is 0.158. The number of methoxy groups -OCH3 is 3. The molecule has 0 aromatic rings. The third kappa shape index (κ3) is 11.6. The summed E-state index contributed by atoms with van der Waals surface area (Å²) in [4.78, 5) is 72.3. The average molecular weight is 713 g/mol. The van der Waals surface area contributed by atoms with Crippen LogP contribution in [-0.2, 0) is 38.2 Å². The molecule has 14 nitrogen and oxygen atoms in total. The molecule has 1 heterocycles. The standard InChI is InChI=1S/C36H68N6O8/c1-15-22(6)31(41(11)35(46)29(24(8)37)39-34(45)30(21(4)5)40(9)10)26(48-12)19-27(43)42-18-16-17-25(42)32(49-13)23(7)33(44)38-28(20(2)3)36(47)50-14/h20-26,28-32H,15-19,37H2,1-14H3,(H,38,44)(H,39,45)/t22-,23+,24-,25-,26+,28-,29-,30?,31-,32+/m0/s1. The maximum absolute atomic E-state index is 14.1. The molecule has 0 aliphatic carbocycles. The lowest BCUT2D eigenvalue weighted by atomic mass is 9.89. The number of hydrogen-bond acceptors (Lipinski definition) is 10. The van der Waals surface area contributed by atoms with Gasteiger partial charge in [-0.05, 0) is 51.6 Å². The SMILES string of the molecule is CC[C@H](C)[C@@H]([C@@H](CC(=O)N1CCC[C@H]1[C@H](OC)[C@@H](C)C(=O)N[C@H](C(=O)OC)C(C)C)OC)N(C)C(=O)[C@@H](NC(=O)C(C(C)C)N(C)C)[C@H](C)N. The molecule has 0 spiro atoms. The Morgan fingerprint density at radius 1 is 0.860 bits per heavy atom. The van der Waals surface area contributed by atoms with E-state index >= 15 is 0 Å². The Balaban J connectivity index is 3.29. The first-order valence-electron chi connectivity index (χ1n) is 18.0. The fourth-order valence-electron chi connectivity index (χ4n) is 7.23. The van der Waals surface area contributed by atoms with Crippen LogP contribution in [0.3, 0.4) is 0 Å². The number of nitrogens with one attached hydrogen (secondary N) is 2. The molecule has 0 aromatic heterocycles. The zero-order chi connectivity index (χ0) is 38.6. The van der Waals surface area contributed by atoms with Gasteiger partial charge in [-0.25, -0.2) is 4.79 Å². The molecule has 0 bridgehead atoms. The van der Waals surface area contributed by atoms with Crippen molar-refractivity contribution >= 4 is 29.6 Å². The largest absolute Gasteiger partial charge is 0.467 e. The summed E-state index contributed by atoms with van der Waals surface area (Å²) in [6, 6.07) is -3.82. The Bertz CT molecular complexity index is 1110. The zero-order valence-electron chi connectivity index (χ0n) is 33.1. The molecule has 10 atom stereocenters. The Kier molecular flexibility index (Phi) is 18.9. The highest BCUT2D eigenvalue weighted by Gasteiger charge is 2.43. The molecule has 1 unspecified atom stereocenters. The fraction of sp³-hybridized carbons (Fsp3) is 0.861. The first kappa shape index (κ1) is 45.2. The van der Waals surface area contributed by atoms with Crippen molar-refractivity contribution < 1.29 is 38.2 Å². The third-order valence-electron chi connectivity index (χ3n) is 10.2. The summed E-state index contributed by atoms with van der Waals surface area (Å²) in [6.07, 6.45) is 0.754. The number of rotatable bonds is 20. The summed E-state index contributed by atoms with van der Waals surface area (Å²) in [5.74, 6) is -2.64. The molecule has 290 valence electrons. The van der Waals surface area contributed by atoms with Crippen LogP contribution in [0, 0.1) is 23.7 Å². The van der Waals surface area contributed by atoms with Gasteiger partial charge in [0.25, 0.3) is 0 Å². The predicted octanol–water partition coefficient (Wildman–Crippen LogP) is 1.64. The van der Waals surface area contributed by atoms with Crippen molar-refractivity contribution in [1.82, 2.24) is 25.3 Å². The number of ether oxygens (including phenoxy) is 3. The molecule has 1 aliphatic heterocycles. The van der Waals surface area contributed by atoms with Gasteiger partial charge in [-0.3, -0.25) is 24.1 Å². The van der Waals surface area contributed by atoms with Gasteiger partial charge >= 0.3 is 5.97 Å². The molecule has 1 rings (SSSR count). The summed E-state index contributed by atoms with van der Waals surface area (Å²) in [5.41, 5.74) is 6.29. The van der Waals surface area contributed by atoms with E-state index in [4.69, 9.17) is 19.9 Å². The van der Waals surface area contributed by atoms with Gasteiger partial charge in [-0.1, -0.05) is 54.9 Å². The molecular weight excluding hydrogens is 644 g/mol. The molecule has 14 heteroatoms. The highest BCUT2D eigenvalue weighted by atomic mass is 16.5. The number of likely N-dealkylation sites (tertiary alicyclic amines) is 1. The van der Waals surface area contributed by atoms with Crippen molar-refractivity contribution in [2.24, 2.45) is 29.4 Å². The van der Waals surface area contributed by atoms with Crippen molar-refractivity contribution in [1.29, 1.82) is 0 Å². The van der Waals surface area contributed by atoms with Gasteiger partial charge in [-0.15, -0.1) is 0 Å². The van der Waals surface area contributed by atoms with Gasteiger partial charge in [0.1, 0.15) is 12.1 Å². The Hall–Kier alpha value is -2.81. The Morgan fingerprint density at radius 3 is 1.88 bits per heavy atom. The monoisotopic (exact) mass is 713 g/mol. The molecule has 1 aliphatic rings. The van der Waals surface area contributed by atoms with Gasteiger partial charge in [0, 0.05) is 33.9 Å². The van der Waals surface area contributed by atoms with Crippen LogP contribution in [0.25, 0.3) is 0 Å². The summed E-state index contributed by atoms with van der Waals surface area (Å²) < 4.78 is 16.7. The van der Waals surface area contributed by atoms with E-state index in [0.717, 1.165) is 6.42 Å². The van der Waals surface area contributed by atoms with Crippen LogP contribution >= 0.6 is 0 Å². The molecule has 0 radical (unpaired) electrons. The summed E-state index contributed by atoms with van der Waals surface area (Å²) in [6.45, 7) is 15.4. The molecule has 1 saturated heterocycles. The Labute approximate surface area is 300 Å². The van der Waals surface area contributed by atoms with Gasteiger partial charge in [0.15, 0.2) is 0 Å². The molecule has 4 N–H and O–H groups in total. The van der Waals surface area contributed by atoms with Crippen molar-refractivity contribution in [3.8, 4) is 0 Å². The predicted molar refractivity (Wildman–Crippen MR) is 193 cm³/mol. The maximum atomic E-state index is 14.1. The first-order chi connectivity index (χ1) is 23.3. The number of hydrogen-bond donors (Lipinski definition) is 3. The first-order valence-corrected chi connectivity index (χ1v) is 18.0. The number of esters is 1. The smallest absolute Gasteiger partial charge is 0.328 e. The second kappa shape index (κ2) is 20.9.